The minimum Gasteiger partial charge on any atom is -0.454 e. The molecule has 6 nitrogen and oxygen atoms in total. The number of carbonyl (C=O) groups is 2. The summed E-state index contributed by atoms with van der Waals surface area (Å²) >= 11 is 1.36. The van der Waals surface area contributed by atoms with Gasteiger partial charge in [-0.05, 0) is 18.6 Å². The van der Waals surface area contributed by atoms with Crippen molar-refractivity contribution < 1.29 is 14.3 Å². The van der Waals surface area contributed by atoms with E-state index in [1.807, 2.05) is 54.8 Å². The molecule has 0 fully saturated rings. The molecule has 0 saturated heterocycles. The molecule has 35 heavy (non-hydrogen) atoms. The summed E-state index contributed by atoms with van der Waals surface area (Å²) in [6.45, 7) is 1.71. The highest BCUT2D eigenvalue weighted by atomic mass is 32.1. The van der Waals surface area contributed by atoms with Gasteiger partial charge in [0.1, 0.15) is 17.3 Å². The third-order valence-corrected chi connectivity index (χ3v) is 6.50. The smallest absolute Gasteiger partial charge is 0.339 e. The van der Waals surface area contributed by atoms with Crippen LogP contribution in [0.2, 0.25) is 0 Å². The summed E-state index contributed by atoms with van der Waals surface area (Å²) in [7, 11) is 0. The zero-order valence-corrected chi connectivity index (χ0v) is 19.6. The molecule has 0 aliphatic carbocycles. The van der Waals surface area contributed by atoms with Gasteiger partial charge in [0.05, 0.1) is 10.9 Å². The molecule has 3 aromatic carbocycles. The van der Waals surface area contributed by atoms with Gasteiger partial charge in [-0.25, -0.2) is 9.78 Å². The first-order valence-electron chi connectivity index (χ1n) is 10.9. The van der Waals surface area contributed by atoms with Crippen molar-refractivity contribution in [2.75, 3.05) is 0 Å². The zero-order valence-electron chi connectivity index (χ0n) is 18.8. The Morgan fingerprint density at radius 1 is 0.914 bits per heavy atom. The third-order valence-electron chi connectivity index (χ3n) is 5.62. The number of esters is 1. The fraction of sp³-hybridized carbons (Fsp3) is 0.0714. The molecule has 7 heteroatoms. The number of hydrogen-bond donors (Lipinski definition) is 1. The number of aromatic amines is 1. The SMILES string of the molecule is Cc1ccc(C(=O)c2ccccc2C(=O)OCc2nc3scc(-c4ccccc4)c3c(=O)[nH]2)cc1. The Kier molecular flexibility index (Phi) is 6.08. The summed E-state index contributed by atoms with van der Waals surface area (Å²) in [5.74, 6) is -0.697. The first-order valence-corrected chi connectivity index (χ1v) is 11.8. The van der Waals surface area contributed by atoms with Crippen LogP contribution < -0.4 is 5.56 Å². The number of rotatable bonds is 6. The van der Waals surface area contributed by atoms with Gasteiger partial charge in [-0.3, -0.25) is 9.59 Å². The lowest BCUT2D eigenvalue weighted by Crippen LogP contribution is -2.16. The monoisotopic (exact) mass is 480 g/mol. The topological polar surface area (TPSA) is 89.1 Å². The molecular weight excluding hydrogens is 460 g/mol. The molecular formula is C28H20N2O4S. The fourth-order valence-corrected chi connectivity index (χ4v) is 4.79. The minimum atomic E-state index is -0.667. The average Bonchev–Trinajstić information content (AvgIpc) is 3.32. The first kappa shape index (κ1) is 22.4. The van der Waals surface area contributed by atoms with Crippen molar-refractivity contribution in [2.24, 2.45) is 0 Å². The van der Waals surface area contributed by atoms with Gasteiger partial charge in [0.15, 0.2) is 5.78 Å². The van der Waals surface area contributed by atoms with Crippen molar-refractivity contribution >= 4 is 33.3 Å². The maximum absolute atomic E-state index is 13.0. The molecule has 0 unspecified atom stereocenters. The molecule has 0 atom stereocenters. The van der Waals surface area contributed by atoms with Crippen LogP contribution in [-0.4, -0.2) is 21.7 Å². The number of fused-ring (bicyclic) bond motifs is 1. The van der Waals surface area contributed by atoms with E-state index in [0.29, 0.717) is 15.8 Å². The fourth-order valence-electron chi connectivity index (χ4n) is 3.82. The van der Waals surface area contributed by atoms with Gasteiger partial charge < -0.3 is 9.72 Å². The van der Waals surface area contributed by atoms with Gasteiger partial charge in [0, 0.05) is 22.1 Å². The zero-order chi connectivity index (χ0) is 24.4. The van der Waals surface area contributed by atoms with Crippen LogP contribution in [0.5, 0.6) is 0 Å². The second-order valence-electron chi connectivity index (χ2n) is 8.03. The summed E-state index contributed by atoms with van der Waals surface area (Å²) in [5, 5.41) is 2.40. The standard InChI is InChI=1S/C28H20N2O4S/c1-17-11-13-19(14-12-17)25(31)20-9-5-6-10-21(20)28(33)34-15-23-29-26(32)24-22(16-35-27(24)30-23)18-7-3-2-4-8-18/h2-14,16H,15H2,1H3,(H,29,30,32). The van der Waals surface area contributed by atoms with E-state index >= 15 is 0 Å². The molecule has 2 aromatic heterocycles. The van der Waals surface area contributed by atoms with E-state index in [4.69, 9.17) is 4.74 Å². The van der Waals surface area contributed by atoms with E-state index in [1.165, 1.54) is 11.3 Å². The van der Waals surface area contributed by atoms with E-state index in [0.717, 1.165) is 16.7 Å². The number of thiophene rings is 1. The summed E-state index contributed by atoms with van der Waals surface area (Å²) in [6, 6.07) is 23.3. The average molecular weight is 481 g/mol. The molecule has 5 rings (SSSR count). The maximum Gasteiger partial charge on any atom is 0.339 e. The van der Waals surface area contributed by atoms with Gasteiger partial charge in [-0.1, -0.05) is 78.4 Å². The molecule has 0 radical (unpaired) electrons. The Morgan fingerprint density at radius 2 is 1.60 bits per heavy atom. The molecule has 0 aliphatic rings. The largest absolute Gasteiger partial charge is 0.454 e. The number of aromatic nitrogens is 2. The Balaban J connectivity index is 1.37. The Bertz CT molecular complexity index is 1600. The van der Waals surface area contributed by atoms with E-state index in [2.05, 4.69) is 9.97 Å². The number of carbonyl (C=O) groups excluding carboxylic acids is 2. The second-order valence-corrected chi connectivity index (χ2v) is 8.88. The van der Waals surface area contributed by atoms with Gasteiger partial charge >= 0.3 is 5.97 Å². The highest BCUT2D eigenvalue weighted by molar-refractivity contribution is 7.17. The maximum atomic E-state index is 13.0. The second kappa shape index (κ2) is 9.48. The van der Waals surface area contributed by atoms with Crippen LogP contribution in [0.3, 0.4) is 0 Å². The highest BCUT2D eigenvalue weighted by Crippen LogP contribution is 2.30. The van der Waals surface area contributed by atoms with Crippen LogP contribution >= 0.6 is 11.3 Å². The van der Waals surface area contributed by atoms with E-state index < -0.39 is 5.97 Å². The molecule has 0 spiro atoms. The minimum absolute atomic E-state index is 0.156. The highest BCUT2D eigenvalue weighted by Gasteiger charge is 2.20. The summed E-state index contributed by atoms with van der Waals surface area (Å²) in [6.07, 6.45) is 0. The Morgan fingerprint density at radius 3 is 2.34 bits per heavy atom. The number of nitrogens with one attached hydrogen (secondary N) is 1. The predicted molar refractivity (Wildman–Crippen MR) is 136 cm³/mol. The molecule has 5 aromatic rings. The lowest BCUT2D eigenvalue weighted by molar-refractivity contribution is 0.0460. The van der Waals surface area contributed by atoms with E-state index in [-0.39, 0.29) is 34.9 Å². The Labute approximate surface area is 204 Å². The molecule has 172 valence electrons. The molecule has 0 saturated carbocycles. The van der Waals surface area contributed by atoms with Crippen molar-refractivity contribution in [1.82, 2.24) is 9.97 Å². The van der Waals surface area contributed by atoms with Crippen LogP contribution in [0.4, 0.5) is 0 Å². The van der Waals surface area contributed by atoms with Gasteiger partial charge in [0.2, 0.25) is 0 Å². The molecule has 2 heterocycles. The number of aryl methyl sites for hydroxylation is 1. The Hall–Kier alpha value is -4.36. The van der Waals surface area contributed by atoms with Gasteiger partial charge in [0.25, 0.3) is 5.56 Å². The predicted octanol–water partition coefficient (Wildman–Crippen LogP) is 5.55. The third kappa shape index (κ3) is 4.54. The van der Waals surface area contributed by atoms with Gasteiger partial charge in [-0.15, -0.1) is 11.3 Å². The number of nitrogens with zero attached hydrogens (tertiary/aromatic N) is 1. The first-order chi connectivity index (χ1) is 17.0. The lowest BCUT2D eigenvalue weighted by Gasteiger charge is -2.09. The van der Waals surface area contributed by atoms with Crippen molar-refractivity contribution in [3.05, 3.63) is 123 Å². The van der Waals surface area contributed by atoms with Crippen LogP contribution in [0.15, 0.2) is 89.0 Å². The quantitative estimate of drug-likeness (QED) is 0.254. The van der Waals surface area contributed by atoms with Crippen molar-refractivity contribution in [3.63, 3.8) is 0 Å². The van der Waals surface area contributed by atoms with Crippen molar-refractivity contribution in [3.8, 4) is 11.1 Å². The van der Waals surface area contributed by atoms with Crippen LogP contribution in [0.25, 0.3) is 21.3 Å². The van der Waals surface area contributed by atoms with Crippen LogP contribution in [0.1, 0.15) is 37.7 Å². The van der Waals surface area contributed by atoms with Gasteiger partial charge in [-0.2, -0.15) is 0 Å². The summed E-state index contributed by atoms with van der Waals surface area (Å²) < 4.78 is 5.44. The number of ether oxygens (including phenoxy) is 1. The molecule has 0 aliphatic heterocycles. The lowest BCUT2D eigenvalue weighted by atomic mass is 9.98. The van der Waals surface area contributed by atoms with Crippen LogP contribution in [-0.2, 0) is 11.3 Å². The number of ketones is 1. The van der Waals surface area contributed by atoms with E-state index in [9.17, 15) is 14.4 Å². The molecule has 1 N–H and O–H groups in total. The molecule has 0 amide bonds. The number of benzene rings is 3. The van der Waals surface area contributed by atoms with Crippen LogP contribution in [0, 0.1) is 6.92 Å². The number of hydrogen-bond acceptors (Lipinski definition) is 6. The summed E-state index contributed by atoms with van der Waals surface area (Å²) in [5.41, 5.74) is 3.38. The number of H-pyrrole nitrogens is 1. The summed E-state index contributed by atoms with van der Waals surface area (Å²) in [4.78, 5) is 46.5. The van der Waals surface area contributed by atoms with Crippen molar-refractivity contribution in [2.45, 2.75) is 13.5 Å². The normalized spacial score (nSPS) is 10.9. The van der Waals surface area contributed by atoms with Crippen molar-refractivity contribution in [1.29, 1.82) is 0 Å². The molecule has 0 bridgehead atoms. The van der Waals surface area contributed by atoms with E-state index in [1.54, 1.807) is 36.4 Å².